The van der Waals surface area contributed by atoms with E-state index in [1.54, 1.807) is 0 Å². The fraction of sp³-hybridized carbons (Fsp3) is 0.769. The van der Waals surface area contributed by atoms with Crippen LogP contribution in [0.25, 0.3) is 0 Å². The normalized spacial score (nSPS) is 25.2. The van der Waals surface area contributed by atoms with Crippen LogP contribution < -0.4 is 0 Å². The van der Waals surface area contributed by atoms with E-state index in [2.05, 4.69) is 22.3 Å². The number of nitrogens with zero attached hydrogens (tertiary/aromatic N) is 4. The highest BCUT2D eigenvalue weighted by Gasteiger charge is 2.31. The van der Waals surface area contributed by atoms with Gasteiger partial charge in [0, 0.05) is 6.42 Å². The van der Waals surface area contributed by atoms with Crippen molar-refractivity contribution in [3.05, 3.63) is 11.4 Å². The van der Waals surface area contributed by atoms with Gasteiger partial charge in [-0.3, -0.25) is 4.79 Å². The lowest BCUT2D eigenvalue weighted by Gasteiger charge is -2.30. The minimum atomic E-state index is -0.693. The summed E-state index contributed by atoms with van der Waals surface area (Å²) >= 11 is 0. The van der Waals surface area contributed by atoms with Crippen molar-refractivity contribution in [3.8, 4) is 0 Å². The molecule has 0 aromatic carbocycles. The Morgan fingerprint density at radius 1 is 1.32 bits per heavy atom. The molecule has 2 aliphatic rings. The Labute approximate surface area is 112 Å². The average molecular weight is 264 g/mol. The lowest BCUT2D eigenvalue weighted by molar-refractivity contribution is -0.142. The van der Waals surface area contributed by atoms with E-state index in [-0.39, 0.29) is 5.92 Å². The van der Waals surface area contributed by atoms with Gasteiger partial charge in [-0.05, 0) is 45.8 Å². The molecule has 1 N–H and O–H groups in total. The molecule has 1 aliphatic heterocycles. The predicted octanol–water partition coefficient (Wildman–Crippen LogP) is 0.734. The molecule has 1 fully saturated rings. The molecule has 3 rings (SSSR count). The summed E-state index contributed by atoms with van der Waals surface area (Å²) < 4.78 is 2.01. The van der Waals surface area contributed by atoms with Gasteiger partial charge in [0.25, 0.3) is 0 Å². The molecule has 104 valence electrons. The first-order chi connectivity index (χ1) is 9.15. The summed E-state index contributed by atoms with van der Waals surface area (Å²) in [5.74, 6) is -0.960. The minimum Gasteiger partial charge on any atom is -0.481 e. The summed E-state index contributed by atoms with van der Waals surface area (Å²) in [7, 11) is 2.13. The maximum absolute atomic E-state index is 11.2. The highest BCUT2D eigenvalue weighted by atomic mass is 16.4. The molecule has 1 atom stereocenters. The van der Waals surface area contributed by atoms with Gasteiger partial charge in [-0.2, -0.15) is 0 Å². The number of hydrogen-bond acceptors (Lipinski definition) is 4. The maximum Gasteiger partial charge on any atom is 0.306 e. The number of likely N-dealkylation sites (tertiary alicyclic amines) is 1. The Balaban J connectivity index is 1.81. The zero-order chi connectivity index (χ0) is 13.4. The van der Waals surface area contributed by atoms with Gasteiger partial charge in [-0.15, -0.1) is 5.10 Å². The number of carboxylic acids is 1. The van der Waals surface area contributed by atoms with Gasteiger partial charge in [0.05, 0.1) is 23.3 Å². The van der Waals surface area contributed by atoms with E-state index < -0.39 is 5.97 Å². The third kappa shape index (κ3) is 2.36. The van der Waals surface area contributed by atoms with E-state index in [0.29, 0.717) is 18.9 Å². The Kier molecular flexibility index (Phi) is 3.26. The molecule has 1 aromatic heterocycles. The van der Waals surface area contributed by atoms with Crippen molar-refractivity contribution in [1.82, 2.24) is 19.9 Å². The summed E-state index contributed by atoms with van der Waals surface area (Å²) in [6, 6.07) is 0.389. The average Bonchev–Trinajstić information content (AvgIpc) is 2.82. The van der Waals surface area contributed by atoms with E-state index in [4.69, 9.17) is 0 Å². The van der Waals surface area contributed by atoms with Crippen LogP contribution in [-0.2, 0) is 17.6 Å². The van der Waals surface area contributed by atoms with Crippen LogP contribution in [0.5, 0.6) is 0 Å². The summed E-state index contributed by atoms with van der Waals surface area (Å²) in [6.07, 6.45) is 4.17. The molecule has 0 bridgehead atoms. The van der Waals surface area contributed by atoms with Crippen LogP contribution in [0.15, 0.2) is 0 Å². The summed E-state index contributed by atoms with van der Waals surface area (Å²) in [5, 5.41) is 17.7. The monoisotopic (exact) mass is 264 g/mol. The molecule has 1 saturated heterocycles. The SMILES string of the molecule is CN1CCC(n2nnc3c2CC(C(=O)O)CC3)CC1. The van der Waals surface area contributed by atoms with Crippen molar-refractivity contribution in [3.63, 3.8) is 0 Å². The number of carboxylic acid groups (broad SMARTS) is 1. The fourth-order valence-electron chi connectivity index (χ4n) is 3.14. The highest BCUT2D eigenvalue weighted by molar-refractivity contribution is 5.70. The lowest BCUT2D eigenvalue weighted by atomic mass is 9.89. The zero-order valence-electron chi connectivity index (χ0n) is 11.2. The van der Waals surface area contributed by atoms with E-state index in [1.807, 2.05) is 4.68 Å². The molecule has 1 unspecified atom stereocenters. The van der Waals surface area contributed by atoms with Gasteiger partial charge in [0.2, 0.25) is 0 Å². The number of rotatable bonds is 2. The molecular formula is C13H20N4O2. The number of hydrogen-bond donors (Lipinski definition) is 1. The first-order valence-corrected chi connectivity index (χ1v) is 6.99. The first kappa shape index (κ1) is 12.6. The van der Waals surface area contributed by atoms with Crippen LogP contribution in [0.2, 0.25) is 0 Å². The van der Waals surface area contributed by atoms with Crippen LogP contribution in [-0.4, -0.2) is 51.1 Å². The largest absolute Gasteiger partial charge is 0.481 e. The Bertz CT molecular complexity index is 477. The van der Waals surface area contributed by atoms with Gasteiger partial charge < -0.3 is 10.0 Å². The molecular weight excluding hydrogens is 244 g/mol. The van der Waals surface area contributed by atoms with Crippen molar-refractivity contribution in [2.24, 2.45) is 5.92 Å². The van der Waals surface area contributed by atoms with Crippen molar-refractivity contribution in [1.29, 1.82) is 0 Å². The molecule has 19 heavy (non-hydrogen) atoms. The quantitative estimate of drug-likeness (QED) is 0.853. The Hall–Kier alpha value is -1.43. The number of carbonyl (C=O) groups is 1. The van der Waals surface area contributed by atoms with E-state index in [9.17, 15) is 9.90 Å². The van der Waals surface area contributed by atoms with Crippen molar-refractivity contribution >= 4 is 5.97 Å². The van der Waals surface area contributed by atoms with Gasteiger partial charge in [-0.25, -0.2) is 4.68 Å². The second-order valence-electron chi connectivity index (χ2n) is 5.74. The smallest absolute Gasteiger partial charge is 0.306 e. The highest BCUT2D eigenvalue weighted by Crippen LogP contribution is 2.29. The first-order valence-electron chi connectivity index (χ1n) is 6.99. The Morgan fingerprint density at radius 3 is 2.74 bits per heavy atom. The third-order valence-corrected chi connectivity index (χ3v) is 4.42. The number of aryl methyl sites for hydroxylation is 1. The molecule has 0 radical (unpaired) electrons. The van der Waals surface area contributed by atoms with Gasteiger partial charge in [-0.1, -0.05) is 5.21 Å². The maximum atomic E-state index is 11.2. The van der Waals surface area contributed by atoms with Crippen molar-refractivity contribution in [2.45, 2.75) is 38.1 Å². The van der Waals surface area contributed by atoms with Crippen molar-refractivity contribution < 1.29 is 9.90 Å². The molecule has 1 aromatic rings. The number of piperidine rings is 1. The van der Waals surface area contributed by atoms with Crippen LogP contribution in [0.1, 0.15) is 36.7 Å². The molecule has 6 heteroatoms. The summed E-state index contributed by atoms with van der Waals surface area (Å²) in [5.41, 5.74) is 2.07. The topological polar surface area (TPSA) is 71.2 Å². The summed E-state index contributed by atoms with van der Waals surface area (Å²) in [4.78, 5) is 13.5. The van der Waals surface area contributed by atoms with Crippen LogP contribution in [0, 0.1) is 5.92 Å². The minimum absolute atomic E-state index is 0.268. The lowest BCUT2D eigenvalue weighted by Crippen LogP contribution is -2.33. The third-order valence-electron chi connectivity index (χ3n) is 4.42. The second kappa shape index (κ2) is 4.92. The molecule has 0 spiro atoms. The van der Waals surface area contributed by atoms with Crippen LogP contribution in [0.3, 0.4) is 0 Å². The standard InChI is InChI=1S/C13H20N4O2/c1-16-6-4-10(5-7-16)17-12-8-9(13(18)19)2-3-11(12)14-15-17/h9-10H,2-8H2,1H3,(H,18,19). The second-order valence-corrected chi connectivity index (χ2v) is 5.74. The number of fused-ring (bicyclic) bond motifs is 1. The van der Waals surface area contributed by atoms with Crippen LogP contribution in [0.4, 0.5) is 0 Å². The van der Waals surface area contributed by atoms with Gasteiger partial charge in [0.15, 0.2) is 0 Å². The van der Waals surface area contributed by atoms with E-state index >= 15 is 0 Å². The van der Waals surface area contributed by atoms with Gasteiger partial charge in [0.1, 0.15) is 0 Å². The van der Waals surface area contributed by atoms with Crippen molar-refractivity contribution in [2.75, 3.05) is 20.1 Å². The zero-order valence-corrected chi connectivity index (χ0v) is 11.2. The predicted molar refractivity (Wildman–Crippen MR) is 68.9 cm³/mol. The van der Waals surface area contributed by atoms with Gasteiger partial charge >= 0.3 is 5.97 Å². The Morgan fingerprint density at radius 2 is 2.05 bits per heavy atom. The fourth-order valence-corrected chi connectivity index (χ4v) is 3.14. The van der Waals surface area contributed by atoms with E-state index in [1.165, 1.54) is 0 Å². The number of aromatic nitrogens is 3. The van der Waals surface area contributed by atoms with Crippen LogP contribution >= 0.6 is 0 Å². The molecule has 1 aliphatic carbocycles. The van der Waals surface area contributed by atoms with E-state index in [0.717, 1.165) is 43.7 Å². The number of aliphatic carboxylic acids is 1. The molecule has 0 saturated carbocycles. The summed E-state index contributed by atoms with van der Waals surface area (Å²) in [6.45, 7) is 2.14. The molecule has 0 amide bonds. The molecule has 6 nitrogen and oxygen atoms in total. The molecule has 2 heterocycles.